The summed E-state index contributed by atoms with van der Waals surface area (Å²) in [5.41, 5.74) is 7.93. The van der Waals surface area contributed by atoms with Gasteiger partial charge in [0.1, 0.15) is 6.04 Å². The van der Waals surface area contributed by atoms with Gasteiger partial charge in [0.2, 0.25) is 0 Å². The highest BCUT2D eigenvalue weighted by molar-refractivity contribution is 5.73. The highest BCUT2D eigenvalue weighted by Crippen LogP contribution is 2.22. The number of hydrogen-bond acceptors (Lipinski definition) is 3. The summed E-state index contributed by atoms with van der Waals surface area (Å²) in [6.45, 7) is 3.38. The lowest BCUT2D eigenvalue weighted by atomic mass is 9.91. The van der Waals surface area contributed by atoms with Crippen LogP contribution in [0.1, 0.15) is 78.1 Å². The first-order valence-corrected chi connectivity index (χ1v) is 9.07. The number of nitrogens with zero attached hydrogens (tertiary/aromatic N) is 3. The molecule has 6 nitrogen and oxygen atoms in total. The predicted molar refractivity (Wildman–Crippen MR) is 92.3 cm³/mol. The third kappa shape index (κ3) is 8.24. The molecule has 0 aromatic heterocycles. The molecule has 0 unspecified atom stereocenters. The Morgan fingerprint density at radius 1 is 1.04 bits per heavy atom. The Morgan fingerprint density at radius 3 is 1.74 bits per heavy atom. The van der Waals surface area contributed by atoms with Crippen LogP contribution in [-0.4, -0.2) is 29.2 Å². The van der Waals surface area contributed by atoms with E-state index in [0.717, 1.165) is 12.1 Å². The maximum Gasteiger partial charge on any atom is 0.312 e. The van der Waals surface area contributed by atoms with Crippen molar-refractivity contribution in [3.8, 4) is 0 Å². The zero-order valence-corrected chi connectivity index (χ0v) is 14.6. The minimum Gasteiger partial charge on any atom is -0.481 e. The van der Waals surface area contributed by atoms with Gasteiger partial charge in [-0.3, -0.25) is 4.79 Å². The largest absolute Gasteiger partial charge is 0.481 e. The van der Waals surface area contributed by atoms with Crippen molar-refractivity contribution in [1.29, 1.82) is 0 Å². The molecule has 2 N–H and O–H groups in total. The maximum atomic E-state index is 10.3. The molecule has 2 aliphatic carbocycles. The van der Waals surface area contributed by atoms with E-state index >= 15 is 0 Å². The minimum absolute atomic E-state index is 0.159. The number of hydrogen-bond donors (Lipinski definition) is 2. The van der Waals surface area contributed by atoms with Crippen LogP contribution in [0, 0.1) is 5.92 Å². The van der Waals surface area contributed by atoms with E-state index in [1.807, 2.05) is 0 Å². The molecule has 0 bridgehead atoms. The molecule has 2 rings (SSSR count). The summed E-state index contributed by atoms with van der Waals surface area (Å²) in [5, 5.41) is 15.4. The fourth-order valence-corrected chi connectivity index (χ4v) is 3.40. The lowest BCUT2D eigenvalue weighted by Crippen LogP contribution is -2.40. The van der Waals surface area contributed by atoms with Crippen molar-refractivity contribution < 1.29 is 9.90 Å². The molecule has 1 atom stereocenters. The summed E-state index contributed by atoms with van der Waals surface area (Å²) in [7, 11) is 0. The molecule has 2 saturated carbocycles. The average molecular weight is 324 g/mol. The summed E-state index contributed by atoms with van der Waals surface area (Å²) < 4.78 is 0. The predicted octanol–water partition coefficient (Wildman–Crippen LogP) is 4.65. The van der Waals surface area contributed by atoms with Gasteiger partial charge < -0.3 is 10.4 Å². The van der Waals surface area contributed by atoms with Gasteiger partial charge >= 0.3 is 5.97 Å². The zero-order valence-electron chi connectivity index (χ0n) is 14.6. The van der Waals surface area contributed by atoms with Crippen molar-refractivity contribution in [1.82, 2.24) is 5.32 Å². The van der Waals surface area contributed by atoms with E-state index in [-0.39, 0.29) is 5.92 Å². The number of carboxylic acids is 1. The Bertz CT molecular complexity index is 364. The molecule has 23 heavy (non-hydrogen) atoms. The van der Waals surface area contributed by atoms with Crippen LogP contribution in [-0.2, 0) is 4.79 Å². The molecule has 2 fully saturated rings. The molecule has 0 saturated heterocycles. The standard InChI is InChI=1S/C12H23N.C5H9N3O2/c1-3-7-11(8-4-1)13-12-9-5-2-6-10-12;1-3(2)4(5(9)10)7-8-6/h11-13H,1-10H2;3-4H,1-2H3,(H,9,10)/t;4-/m.0/s1. The van der Waals surface area contributed by atoms with Crippen LogP contribution in [0.4, 0.5) is 0 Å². The Hall–Kier alpha value is -1.26. The van der Waals surface area contributed by atoms with Crippen molar-refractivity contribution in [2.24, 2.45) is 11.0 Å². The lowest BCUT2D eigenvalue weighted by Gasteiger charge is -2.30. The second-order valence-corrected chi connectivity index (χ2v) is 7.07. The number of carboxylic acid groups (broad SMARTS) is 1. The van der Waals surface area contributed by atoms with Gasteiger partial charge in [-0.15, -0.1) is 0 Å². The molecule has 0 amide bonds. The van der Waals surface area contributed by atoms with E-state index in [0.29, 0.717) is 0 Å². The Kier molecular flexibility index (Phi) is 9.72. The summed E-state index contributed by atoms with van der Waals surface area (Å²) in [6, 6.07) is 0.804. The topological polar surface area (TPSA) is 98.1 Å². The van der Waals surface area contributed by atoms with Crippen LogP contribution in [0.3, 0.4) is 0 Å². The van der Waals surface area contributed by atoms with Gasteiger partial charge in [0.05, 0.1) is 0 Å². The van der Waals surface area contributed by atoms with Crippen LogP contribution >= 0.6 is 0 Å². The fourth-order valence-electron chi connectivity index (χ4n) is 3.40. The average Bonchev–Trinajstić information content (AvgIpc) is 2.54. The van der Waals surface area contributed by atoms with Crippen molar-refractivity contribution >= 4 is 5.97 Å². The molecule has 132 valence electrons. The Morgan fingerprint density at radius 2 is 1.48 bits per heavy atom. The van der Waals surface area contributed by atoms with Crippen LogP contribution in [0.15, 0.2) is 5.11 Å². The summed E-state index contributed by atoms with van der Waals surface area (Å²) in [4.78, 5) is 12.7. The fraction of sp³-hybridized carbons (Fsp3) is 0.941. The number of nitrogens with one attached hydrogen (secondary N) is 1. The molecular weight excluding hydrogens is 292 g/mol. The molecule has 0 radical (unpaired) electrons. The monoisotopic (exact) mass is 324 g/mol. The molecule has 0 heterocycles. The van der Waals surface area contributed by atoms with E-state index in [4.69, 9.17) is 10.6 Å². The van der Waals surface area contributed by atoms with Gasteiger partial charge in [-0.25, -0.2) is 0 Å². The van der Waals surface area contributed by atoms with Crippen LogP contribution in [0.2, 0.25) is 0 Å². The first-order valence-electron chi connectivity index (χ1n) is 9.07. The molecule has 0 spiro atoms. The highest BCUT2D eigenvalue weighted by Gasteiger charge is 2.19. The van der Waals surface area contributed by atoms with Gasteiger partial charge in [-0.1, -0.05) is 57.5 Å². The normalized spacial score (nSPS) is 21.0. The van der Waals surface area contributed by atoms with Gasteiger partial charge in [0.25, 0.3) is 0 Å². The van der Waals surface area contributed by atoms with Gasteiger partial charge in [-0.2, -0.15) is 0 Å². The Labute approximate surface area is 139 Å². The second kappa shape index (κ2) is 11.3. The first kappa shape index (κ1) is 19.8. The second-order valence-electron chi connectivity index (χ2n) is 7.07. The van der Waals surface area contributed by atoms with E-state index in [2.05, 4.69) is 15.3 Å². The molecule has 0 aromatic rings. The third-order valence-corrected chi connectivity index (χ3v) is 4.74. The van der Waals surface area contributed by atoms with Crippen molar-refractivity contribution in [3.05, 3.63) is 10.4 Å². The van der Waals surface area contributed by atoms with E-state index in [1.165, 1.54) is 64.2 Å². The van der Waals surface area contributed by atoms with Gasteiger partial charge in [0, 0.05) is 17.0 Å². The first-order chi connectivity index (χ1) is 11.0. The van der Waals surface area contributed by atoms with Crippen molar-refractivity contribution in [2.45, 2.75) is 96.2 Å². The number of aliphatic carboxylic acids is 1. The van der Waals surface area contributed by atoms with E-state index < -0.39 is 12.0 Å². The number of carbonyl (C=O) groups is 1. The van der Waals surface area contributed by atoms with Gasteiger partial charge in [-0.05, 0) is 37.1 Å². The third-order valence-electron chi connectivity index (χ3n) is 4.74. The molecular formula is C17H32N4O2. The van der Waals surface area contributed by atoms with Crippen LogP contribution in [0.5, 0.6) is 0 Å². The Balaban J connectivity index is 0.000000241. The summed E-state index contributed by atoms with van der Waals surface area (Å²) >= 11 is 0. The van der Waals surface area contributed by atoms with E-state index in [1.54, 1.807) is 13.8 Å². The minimum atomic E-state index is -1.08. The highest BCUT2D eigenvalue weighted by atomic mass is 16.4. The summed E-state index contributed by atoms with van der Waals surface area (Å²) in [5.74, 6) is -1.23. The molecule has 6 heteroatoms. The number of azide groups is 1. The van der Waals surface area contributed by atoms with E-state index in [9.17, 15) is 4.79 Å². The SMILES string of the molecule is C1CCC(NC2CCCCC2)CC1.CC(C)[C@H](N=[N+]=[N-])C(=O)O. The quantitative estimate of drug-likeness (QED) is 0.437. The smallest absolute Gasteiger partial charge is 0.312 e. The number of rotatable bonds is 5. The van der Waals surface area contributed by atoms with Crippen molar-refractivity contribution in [2.75, 3.05) is 0 Å². The molecule has 2 aliphatic rings. The maximum absolute atomic E-state index is 10.3. The summed E-state index contributed by atoms with van der Waals surface area (Å²) in [6.07, 6.45) is 14.6. The molecule has 0 aliphatic heterocycles. The molecule has 0 aromatic carbocycles. The van der Waals surface area contributed by atoms with Crippen molar-refractivity contribution in [3.63, 3.8) is 0 Å². The zero-order chi connectivity index (χ0) is 17.1. The lowest BCUT2D eigenvalue weighted by molar-refractivity contribution is -0.139. The van der Waals surface area contributed by atoms with Gasteiger partial charge in [0.15, 0.2) is 0 Å². The van der Waals surface area contributed by atoms with Crippen LogP contribution < -0.4 is 5.32 Å². The van der Waals surface area contributed by atoms with Crippen LogP contribution in [0.25, 0.3) is 10.4 Å².